The molecule has 0 saturated heterocycles. The maximum Gasteiger partial charge on any atom is 0.224 e. The first-order valence-corrected chi connectivity index (χ1v) is 7.73. The molecular formula is C14H15ClN4O2S. The number of phenols is 1. The Labute approximate surface area is 137 Å². The summed E-state index contributed by atoms with van der Waals surface area (Å²) < 4.78 is 2.55. The average Bonchev–Trinajstić information content (AvgIpc) is 3.23. The Morgan fingerprint density at radius 1 is 1.55 bits per heavy atom. The molecule has 0 atom stereocenters. The zero-order chi connectivity index (χ0) is 15.7. The first-order valence-electron chi connectivity index (χ1n) is 6.94. The van der Waals surface area contributed by atoms with Crippen LogP contribution in [0.1, 0.15) is 30.3 Å². The third-order valence-electron chi connectivity index (χ3n) is 3.52. The van der Waals surface area contributed by atoms with Crippen LogP contribution in [0.3, 0.4) is 0 Å². The van der Waals surface area contributed by atoms with Crippen LogP contribution in [0.15, 0.2) is 18.2 Å². The fourth-order valence-electron chi connectivity index (χ4n) is 2.26. The number of amides is 1. The molecule has 0 radical (unpaired) electrons. The van der Waals surface area contributed by atoms with E-state index in [0.29, 0.717) is 27.9 Å². The van der Waals surface area contributed by atoms with Crippen molar-refractivity contribution < 1.29 is 9.90 Å². The summed E-state index contributed by atoms with van der Waals surface area (Å²) in [6, 6.07) is 4.97. The van der Waals surface area contributed by atoms with E-state index in [1.165, 1.54) is 12.1 Å². The number of rotatable bonds is 5. The van der Waals surface area contributed by atoms with Crippen molar-refractivity contribution in [2.24, 2.45) is 0 Å². The lowest BCUT2D eigenvalue weighted by Crippen LogP contribution is -2.26. The van der Waals surface area contributed by atoms with Crippen LogP contribution >= 0.6 is 23.8 Å². The largest absolute Gasteiger partial charge is 0.508 e. The minimum absolute atomic E-state index is 0.0779. The Morgan fingerprint density at radius 3 is 3.00 bits per heavy atom. The van der Waals surface area contributed by atoms with Gasteiger partial charge < -0.3 is 10.4 Å². The highest BCUT2D eigenvalue weighted by molar-refractivity contribution is 7.71. The molecule has 1 aromatic carbocycles. The molecule has 0 unspecified atom stereocenters. The predicted octanol–water partition coefficient (Wildman–Crippen LogP) is 2.49. The van der Waals surface area contributed by atoms with Crippen LogP contribution in [0, 0.1) is 4.77 Å². The predicted molar refractivity (Wildman–Crippen MR) is 84.4 cm³/mol. The van der Waals surface area contributed by atoms with Gasteiger partial charge in [-0.05, 0) is 42.8 Å². The minimum atomic E-state index is -0.163. The van der Waals surface area contributed by atoms with E-state index in [1.807, 2.05) is 4.57 Å². The van der Waals surface area contributed by atoms with Crippen molar-refractivity contribution in [2.45, 2.75) is 31.8 Å². The van der Waals surface area contributed by atoms with Gasteiger partial charge in [0, 0.05) is 11.1 Å². The molecule has 1 aromatic heterocycles. The van der Waals surface area contributed by atoms with E-state index in [-0.39, 0.29) is 18.1 Å². The molecule has 1 heterocycles. The van der Waals surface area contributed by atoms with Gasteiger partial charge >= 0.3 is 0 Å². The molecule has 22 heavy (non-hydrogen) atoms. The molecule has 6 nitrogen and oxygen atoms in total. The molecule has 8 heteroatoms. The normalized spacial score (nSPS) is 14.0. The van der Waals surface area contributed by atoms with Crippen molar-refractivity contribution in [3.8, 4) is 5.75 Å². The van der Waals surface area contributed by atoms with Gasteiger partial charge in [0.25, 0.3) is 0 Å². The van der Waals surface area contributed by atoms with Crippen LogP contribution < -0.4 is 5.32 Å². The van der Waals surface area contributed by atoms with E-state index in [4.69, 9.17) is 23.8 Å². The number of nitrogens with zero attached hydrogens (tertiary/aromatic N) is 2. The van der Waals surface area contributed by atoms with E-state index < -0.39 is 0 Å². The Balaban J connectivity index is 1.62. The van der Waals surface area contributed by atoms with Crippen molar-refractivity contribution >= 4 is 29.7 Å². The van der Waals surface area contributed by atoms with Crippen LogP contribution in [0.2, 0.25) is 5.02 Å². The first kappa shape index (κ1) is 15.1. The second-order valence-corrected chi connectivity index (χ2v) is 6.07. The summed E-state index contributed by atoms with van der Waals surface area (Å²) in [5, 5.41) is 19.4. The summed E-state index contributed by atoms with van der Waals surface area (Å²) in [7, 11) is 0. The lowest BCUT2D eigenvalue weighted by molar-refractivity contribution is -0.120. The van der Waals surface area contributed by atoms with Gasteiger partial charge in [0.1, 0.15) is 5.75 Å². The summed E-state index contributed by atoms with van der Waals surface area (Å²) >= 11 is 11.2. The van der Waals surface area contributed by atoms with Gasteiger partial charge in [-0.2, -0.15) is 5.10 Å². The van der Waals surface area contributed by atoms with Crippen molar-refractivity contribution in [2.75, 3.05) is 0 Å². The van der Waals surface area contributed by atoms with Gasteiger partial charge in [0.2, 0.25) is 5.91 Å². The number of carbonyl (C=O) groups excluding carboxylic acids is 1. The number of aromatic hydroxyl groups is 1. The van der Waals surface area contributed by atoms with Gasteiger partial charge in [0.15, 0.2) is 10.6 Å². The van der Waals surface area contributed by atoms with Crippen LogP contribution in [-0.4, -0.2) is 25.8 Å². The van der Waals surface area contributed by atoms with E-state index in [1.54, 1.807) is 6.07 Å². The quantitative estimate of drug-likeness (QED) is 0.731. The minimum Gasteiger partial charge on any atom is -0.508 e. The summed E-state index contributed by atoms with van der Waals surface area (Å²) in [5.41, 5.74) is 0.665. The molecule has 1 aliphatic rings. The molecule has 1 fully saturated rings. The summed E-state index contributed by atoms with van der Waals surface area (Å²) in [5.74, 6) is 0.649. The van der Waals surface area contributed by atoms with Gasteiger partial charge in [0.05, 0.1) is 13.0 Å². The molecule has 3 rings (SSSR count). The van der Waals surface area contributed by atoms with E-state index >= 15 is 0 Å². The van der Waals surface area contributed by atoms with E-state index in [9.17, 15) is 9.90 Å². The van der Waals surface area contributed by atoms with Gasteiger partial charge in [-0.25, -0.2) is 0 Å². The molecule has 0 aliphatic heterocycles. The Morgan fingerprint density at radius 2 is 2.32 bits per heavy atom. The molecule has 0 bridgehead atoms. The van der Waals surface area contributed by atoms with Crippen LogP contribution in [0.5, 0.6) is 5.75 Å². The third-order valence-corrected chi connectivity index (χ3v) is 4.16. The summed E-state index contributed by atoms with van der Waals surface area (Å²) in [4.78, 5) is 12.0. The highest BCUT2D eigenvalue weighted by Crippen LogP contribution is 2.35. The number of phenolic OH excluding ortho intramolecular Hbond substituents is 1. The lowest BCUT2D eigenvalue weighted by Gasteiger charge is -2.08. The van der Waals surface area contributed by atoms with Crippen LogP contribution in [-0.2, 0) is 17.8 Å². The molecule has 0 spiro atoms. The number of nitrogens with one attached hydrogen (secondary N) is 2. The maximum absolute atomic E-state index is 12.0. The third kappa shape index (κ3) is 3.31. The monoisotopic (exact) mass is 338 g/mol. The van der Waals surface area contributed by atoms with Crippen LogP contribution in [0.25, 0.3) is 0 Å². The number of carbonyl (C=O) groups is 1. The van der Waals surface area contributed by atoms with Crippen molar-refractivity contribution in [3.63, 3.8) is 0 Å². The van der Waals surface area contributed by atoms with E-state index in [2.05, 4.69) is 15.5 Å². The first-order chi connectivity index (χ1) is 10.5. The number of hydrogen-bond acceptors (Lipinski definition) is 4. The van der Waals surface area contributed by atoms with Gasteiger partial charge in [-0.1, -0.05) is 17.7 Å². The fraction of sp³-hybridized carbons (Fsp3) is 0.357. The fourth-order valence-corrected chi connectivity index (χ4v) is 2.81. The van der Waals surface area contributed by atoms with E-state index in [0.717, 1.165) is 18.7 Å². The highest BCUT2D eigenvalue weighted by Gasteiger charge is 2.27. The van der Waals surface area contributed by atoms with Gasteiger partial charge in [-0.3, -0.25) is 14.5 Å². The number of aromatic amines is 1. The van der Waals surface area contributed by atoms with Crippen molar-refractivity contribution in [1.29, 1.82) is 0 Å². The van der Waals surface area contributed by atoms with Gasteiger partial charge in [-0.15, -0.1) is 0 Å². The van der Waals surface area contributed by atoms with Crippen molar-refractivity contribution in [1.82, 2.24) is 20.1 Å². The van der Waals surface area contributed by atoms with Crippen LogP contribution in [0.4, 0.5) is 0 Å². The number of halogens is 1. The molecule has 116 valence electrons. The molecule has 1 amide bonds. The maximum atomic E-state index is 12.0. The zero-order valence-corrected chi connectivity index (χ0v) is 13.2. The lowest BCUT2D eigenvalue weighted by atomic mass is 10.1. The Hall–Kier alpha value is -1.86. The standard InChI is InChI=1S/C14H15ClN4O2S/c15-11-6-10(20)4-1-8(11)5-13(21)16-7-12-17-18-14(22)19(12)9-2-3-9/h1,4,6,9,20H,2-3,5,7H2,(H,16,21)(H,18,22). The van der Waals surface area contributed by atoms with Crippen molar-refractivity contribution in [3.05, 3.63) is 39.4 Å². The second-order valence-electron chi connectivity index (χ2n) is 5.28. The molecular weight excluding hydrogens is 324 g/mol. The number of hydrogen-bond donors (Lipinski definition) is 3. The molecule has 3 N–H and O–H groups in total. The summed E-state index contributed by atoms with van der Waals surface area (Å²) in [6.07, 6.45) is 2.34. The molecule has 1 saturated carbocycles. The highest BCUT2D eigenvalue weighted by atomic mass is 35.5. The number of aromatic nitrogens is 3. The zero-order valence-electron chi connectivity index (χ0n) is 11.7. The molecule has 2 aromatic rings. The second kappa shape index (κ2) is 6.10. The average molecular weight is 339 g/mol. The summed E-state index contributed by atoms with van der Waals surface area (Å²) in [6.45, 7) is 0.318. The number of benzene rings is 1. The smallest absolute Gasteiger partial charge is 0.224 e. The Kier molecular flexibility index (Phi) is 4.17. The Bertz CT molecular complexity index is 766. The topological polar surface area (TPSA) is 82.9 Å². The number of H-pyrrole nitrogens is 1. The SMILES string of the molecule is O=C(Cc1ccc(O)cc1Cl)NCc1n[nH]c(=S)n1C1CC1. The molecule has 1 aliphatic carbocycles.